The average molecular weight is 404 g/mol. The number of nitrogens with zero attached hydrogens (tertiary/aromatic N) is 1. The number of nitrogens with one attached hydrogen (secondary N) is 1. The Morgan fingerprint density at radius 1 is 1.21 bits per heavy atom. The number of anilines is 1. The number of aryl methyl sites for hydroxylation is 1. The molecule has 0 unspecified atom stereocenters. The van der Waals surface area contributed by atoms with Gasteiger partial charge in [-0.15, -0.1) is 0 Å². The van der Waals surface area contributed by atoms with Crippen LogP contribution in [0.2, 0.25) is 0 Å². The predicted molar refractivity (Wildman–Crippen MR) is 108 cm³/mol. The summed E-state index contributed by atoms with van der Waals surface area (Å²) in [6.45, 7) is 1.90. The van der Waals surface area contributed by atoms with Crippen LogP contribution in [0.15, 0.2) is 40.8 Å². The van der Waals surface area contributed by atoms with Gasteiger partial charge in [0.2, 0.25) is 10.0 Å². The molecule has 8 heteroatoms. The number of carbonyl (C=O) groups excluding carboxylic acids is 1. The molecule has 2 aromatic carbocycles. The summed E-state index contributed by atoms with van der Waals surface area (Å²) in [5.41, 5.74) is 2.50. The van der Waals surface area contributed by atoms with Gasteiger partial charge in [0.1, 0.15) is 17.2 Å². The zero-order valence-electron chi connectivity index (χ0n) is 16.0. The normalized spacial score (nSPS) is 11.6. The molecule has 1 N–H and O–H groups in total. The van der Waals surface area contributed by atoms with Gasteiger partial charge in [0.25, 0.3) is 5.91 Å². The van der Waals surface area contributed by atoms with Crippen molar-refractivity contribution in [3.63, 3.8) is 0 Å². The Morgan fingerprint density at radius 2 is 1.86 bits per heavy atom. The first-order valence-electron chi connectivity index (χ1n) is 8.68. The van der Waals surface area contributed by atoms with Crippen LogP contribution in [0, 0.1) is 5.82 Å². The molecule has 3 rings (SSSR count). The molecule has 0 saturated carbocycles. The van der Waals surface area contributed by atoms with Crippen LogP contribution in [0.25, 0.3) is 22.3 Å². The maximum atomic E-state index is 13.3. The zero-order chi connectivity index (χ0) is 20.6. The van der Waals surface area contributed by atoms with Gasteiger partial charge in [-0.1, -0.05) is 6.92 Å². The molecular formula is C20H21FN2O4S. The van der Waals surface area contributed by atoms with Crippen molar-refractivity contribution in [3.8, 4) is 11.3 Å². The molecule has 0 spiro atoms. The number of hydrogen-bond acceptors (Lipinski definition) is 4. The smallest absolute Gasteiger partial charge is 0.255 e. The summed E-state index contributed by atoms with van der Waals surface area (Å²) in [5, 5.41) is 3.17. The van der Waals surface area contributed by atoms with E-state index in [4.69, 9.17) is 4.42 Å². The standard InChI is InChI=1S/C20H21FN2O4S/c1-5-12-10-15-17(11-16(12)23(3)28(4,25)26)27-19(18(15)20(24)22-2)13-6-8-14(21)9-7-13/h6-11H,5H2,1-4H3,(H,22,24). The average Bonchev–Trinajstić information content (AvgIpc) is 3.03. The molecule has 0 atom stereocenters. The Hall–Kier alpha value is -2.87. The zero-order valence-corrected chi connectivity index (χ0v) is 16.9. The van der Waals surface area contributed by atoms with E-state index < -0.39 is 15.8 Å². The minimum absolute atomic E-state index is 0.301. The minimum atomic E-state index is -3.47. The van der Waals surface area contributed by atoms with Crippen molar-refractivity contribution >= 4 is 32.6 Å². The molecule has 0 fully saturated rings. The lowest BCUT2D eigenvalue weighted by atomic mass is 10.0. The molecule has 3 aromatic rings. The molecule has 1 amide bonds. The largest absolute Gasteiger partial charge is 0.455 e. The highest BCUT2D eigenvalue weighted by Gasteiger charge is 2.24. The van der Waals surface area contributed by atoms with Crippen LogP contribution in [-0.2, 0) is 16.4 Å². The highest BCUT2D eigenvalue weighted by atomic mass is 32.2. The van der Waals surface area contributed by atoms with Crippen LogP contribution in [0.5, 0.6) is 0 Å². The number of halogens is 1. The van der Waals surface area contributed by atoms with E-state index in [1.54, 1.807) is 12.1 Å². The molecule has 0 aliphatic heterocycles. The monoisotopic (exact) mass is 404 g/mol. The Morgan fingerprint density at radius 3 is 2.39 bits per heavy atom. The van der Waals surface area contributed by atoms with Crippen molar-refractivity contribution in [3.05, 3.63) is 53.3 Å². The molecule has 0 saturated heterocycles. The number of hydrogen-bond donors (Lipinski definition) is 1. The molecule has 1 aromatic heterocycles. The molecule has 6 nitrogen and oxygen atoms in total. The second-order valence-corrected chi connectivity index (χ2v) is 8.47. The van der Waals surface area contributed by atoms with Crippen LogP contribution in [0.3, 0.4) is 0 Å². The Labute approximate surface area is 163 Å². The molecule has 0 radical (unpaired) electrons. The quantitative estimate of drug-likeness (QED) is 0.705. The summed E-state index contributed by atoms with van der Waals surface area (Å²) >= 11 is 0. The van der Waals surface area contributed by atoms with E-state index in [-0.39, 0.29) is 5.91 Å². The molecular weight excluding hydrogens is 383 g/mol. The molecule has 0 aliphatic rings. The van der Waals surface area contributed by atoms with E-state index in [2.05, 4.69) is 5.32 Å². The van der Waals surface area contributed by atoms with Gasteiger partial charge in [0.15, 0.2) is 0 Å². The molecule has 28 heavy (non-hydrogen) atoms. The van der Waals surface area contributed by atoms with E-state index in [0.717, 1.165) is 11.8 Å². The summed E-state index contributed by atoms with van der Waals surface area (Å²) in [5.74, 6) is -0.438. The highest BCUT2D eigenvalue weighted by Crippen LogP contribution is 2.37. The number of sulfonamides is 1. The van der Waals surface area contributed by atoms with Crippen molar-refractivity contribution < 1.29 is 22.0 Å². The first kappa shape index (κ1) is 19.9. The number of benzene rings is 2. The number of carbonyl (C=O) groups is 1. The lowest BCUT2D eigenvalue weighted by molar-refractivity contribution is 0.0964. The summed E-state index contributed by atoms with van der Waals surface area (Å²) in [4.78, 5) is 12.6. The van der Waals surface area contributed by atoms with Gasteiger partial charge in [-0.25, -0.2) is 12.8 Å². The van der Waals surface area contributed by atoms with Gasteiger partial charge in [-0.3, -0.25) is 9.10 Å². The van der Waals surface area contributed by atoms with Gasteiger partial charge in [-0.2, -0.15) is 0 Å². The molecule has 0 bridgehead atoms. The summed E-state index contributed by atoms with van der Waals surface area (Å²) in [7, 11) is -0.480. The van der Waals surface area contributed by atoms with Gasteiger partial charge in [0.05, 0.1) is 17.5 Å². The van der Waals surface area contributed by atoms with Crippen LogP contribution >= 0.6 is 0 Å². The molecule has 0 aliphatic carbocycles. The Bertz CT molecular complexity index is 1150. The van der Waals surface area contributed by atoms with Crippen molar-refractivity contribution in [1.29, 1.82) is 0 Å². The topological polar surface area (TPSA) is 79.6 Å². The predicted octanol–water partition coefficient (Wildman–Crippen LogP) is 3.56. The van der Waals surface area contributed by atoms with E-state index >= 15 is 0 Å². The maximum absolute atomic E-state index is 13.3. The fraction of sp³-hybridized carbons (Fsp3) is 0.250. The number of rotatable bonds is 5. The third kappa shape index (κ3) is 3.47. The second kappa shape index (κ2) is 7.27. The van der Waals surface area contributed by atoms with Gasteiger partial charge in [0, 0.05) is 31.1 Å². The van der Waals surface area contributed by atoms with Crippen LogP contribution in [-0.4, -0.2) is 34.7 Å². The molecule has 1 heterocycles. The second-order valence-electron chi connectivity index (χ2n) is 6.45. The number of fused-ring (bicyclic) bond motifs is 1. The summed E-state index contributed by atoms with van der Waals surface area (Å²) in [6.07, 6.45) is 1.69. The van der Waals surface area contributed by atoms with Crippen molar-refractivity contribution in [2.45, 2.75) is 13.3 Å². The summed E-state index contributed by atoms with van der Waals surface area (Å²) in [6, 6.07) is 9.03. The maximum Gasteiger partial charge on any atom is 0.255 e. The lowest BCUT2D eigenvalue weighted by Crippen LogP contribution is -2.25. The van der Waals surface area contributed by atoms with E-state index in [0.29, 0.717) is 40.0 Å². The lowest BCUT2D eigenvalue weighted by Gasteiger charge is -2.19. The number of furan rings is 1. The molecule has 148 valence electrons. The Balaban J connectivity index is 2.33. The van der Waals surface area contributed by atoms with E-state index in [9.17, 15) is 17.6 Å². The first-order chi connectivity index (χ1) is 13.2. The third-order valence-electron chi connectivity index (χ3n) is 4.67. The first-order valence-corrected chi connectivity index (χ1v) is 10.5. The van der Waals surface area contributed by atoms with Crippen LogP contribution in [0.4, 0.5) is 10.1 Å². The third-order valence-corrected chi connectivity index (χ3v) is 5.86. The highest BCUT2D eigenvalue weighted by molar-refractivity contribution is 7.92. The fourth-order valence-corrected chi connectivity index (χ4v) is 3.61. The van der Waals surface area contributed by atoms with Crippen molar-refractivity contribution in [2.24, 2.45) is 0 Å². The Kier molecular flexibility index (Phi) is 5.16. The van der Waals surface area contributed by atoms with Crippen LogP contribution in [0.1, 0.15) is 22.8 Å². The van der Waals surface area contributed by atoms with Gasteiger partial charge in [-0.05, 0) is 42.3 Å². The van der Waals surface area contributed by atoms with Crippen LogP contribution < -0.4 is 9.62 Å². The van der Waals surface area contributed by atoms with E-state index in [1.165, 1.54) is 42.7 Å². The fourth-order valence-electron chi connectivity index (χ4n) is 3.09. The van der Waals surface area contributed by atoms with Gasteiger partial charge >= 0.3 is 0 Å². The summed E-state index contributed by atoms with van der Waals surface area (Å²) < 4.78 is 44.5. The number of amides is 1. The SMILES string of the molecule is CCc1cc2c(C(=O)NC)c(-c3ccc(F)cc3)oc2cc1N(C)S(C)(=O)=O. The van der Waals surface area contributed by atoms with Crippen molar-refractivity contribution in [2.75, 3.05) is 24.7 Å². The van der Waals surface area contributed by atoms with E-state index in [1.807, 2.05) is 6.92 Å². The minimum Gasteiger partial charge on any atom is -0.455 e. The van der Waals surface area contributed by atoms with Gasteiger partial charge < -0.3 is 9.73 Å². The van der Waals surface area contributed by atoms with Crippen molar-refractivity contribution in [1.82, 2.24) is 5.32 Å².